The molecule has 19 heavy (non-hydrogen) atoms. The highest BCUT2D eigenvalue weighted by Gasteiger charge is 2.32. The van der Waals surface area contributed by atoms with Crippen LogP contribution in [0.25, 0.3) is 0 Å². The molecular weight excluding hydrogens is 262 g/mol. The van der Waals surface area contributed by atoms with Gasteiger partial charge in [-0.3, -0.25) is 5.84 Å². The van der Waals surface area contributed by atoms with Gasteiger partial charge in [0.1, 0.15) is 0 Å². The second kappa shape index (κ2) is 5.48. The van der Waals surface area contributed by atoms with E-state index in [2.05, 4.69) is 24.0 Å². The minimum atomic E-state index is -3.44. The lowest BCUT2D eigenvalue weighted by Crippen LogP contribution is -2.37. The highest BCUT2D eigenvalue weighted by Crippen LogP contribution is 2.32. The van der Waals surface area contributed by atoms with E-state index in [1.54, 1.807) is 24.3 Å². The van der Waals surface area contributed by atoms with Gasteiger partial charge >= 0.3 is 0 Å². The molecule has 1 saturated carbocycles. The number of nitrogen functional groups attached to an aromatic ring is 1. The summed E-state index contributed by atoms with van der Waals surface area (Å²) in [5.41, 5.74) is 3.16. The number of rotatable bonds is 4. The molecule has 0 heterocycles. The Kier molecular flexibility index (Phi) is 4.13. The van der Waals surface area contributed by atoms with E-state index in [0.29, 0.717) is 17.5 Å². The number of nitrogens with one attached hydrogen (secondary N) is 2. The number of hydrogen-bond donors (Lipinski definition) is 3. The average Bonchev–Trinajstić information content (AvgIpc) is 2.70. The molecule has 5 nitrogen and oxygen atoms in total. The van der Waals surface area contributed by atoms with Gasteiger partial charge in [0.2, 0.25) is 10.0 Å². The maximum absolute atomic E-state index is 12.3. The van der Waals surface area contributed by atoms with E-state index in [-0.39, 0.29) is 10.9 Å². The van der Waals surface area contributed by atoms with E-state index in [1.807, 2.05) is 0 Å². The zero-order chi connectivity index (χ0) is 14.0. The third-order valence-electron chi connectivity index (χ3n) is 4.10. The summed E-state index contributed by atoms with van der Waals surface area (Å²) in [4.78, 5) is 0.276. The summed E-state index contributed by atoms with van der Waals surface area (Å²) in [7, 11) is -3.44. The Hall–Kier alpha value is -1.11. The average molecular weight is 283 g/mol. The molecule has 0 amide bonds. The lowest BCUT2D eigenvalue weighted by atomic mass is 9.98. The molecule has 3 unspecified atom stereocenters. The van der Waals surface area contributed by atoms with Gasteiger partial charge in [0.15, 0.2) is 0 Å². The zero-order valence-electron chi connectivity index (χ0n) is 11.3. The fourth-order valence-corrected chi connectivity index (χ4v) is 3.89. The predicted octanol–water partition coefficient (Wildman–Crippen LogP) is 1.69. The smallest absolute Gasteiger partial charge is 0.240 e. The molecule has 0 spiro atoms. The number of benzene rings is 1. The molecule has 0 aromatic heterocycles. The van der Waals surface area contributed by atoms with Crippen LogP contribution in [0.15, 0.2) is 29.2 Å². The standard InChI is InChI=1S/C13H21N3O2S/c1-9-3-8-13(10(9)2)16-19(17,18)12-6-4-11(15-14)5-7-12/h4-7,9-10,13,15-16H,3,8,14H2,1-2H3. The first-order valence-electron chi connectivity index (χ1n) is 6.53. The summed E-state index contributed by atoms with van der Waals surface area (Å²) in [5, 5.41) is 0. The molecule has 1 aliphatic rings. The van der Waals surface area contributed by atoms with Gasteiger partial charge in [-0.15, -0.1) is 0 Å². The molecule has 6 heteroatoms. The summed E-state index contributed by atoms with van der Waals surface area (Å²) in [5.74, 6) is 6.20. The molecule has 2 rings (SSSR count). The van der Waals surface area contributed by atoms with Crippen molar-refractivity contribution in [2.75, 3.05) is 5.43 Å². The largest absolute Gasteiger partial charge is 0.324 e. The van der Waals surface area contributed by atoms with Crippen LogP contribution in [0.1, 0.15) is 26.7 Å². The first-order chi connectivity index (χ1) is 8.94. The molecule has 0 aliphatic heterocycles. The van der Waals surface area contributed by atoms with Crippen LogP contribution in [0, 0.1) is 11.8 Å². The zero-order valence-corrected chi connectivity index (χ0v) is 12.1. The van der Waals surface area contributed by atoms with E-state index in [1.165, 1.54) is 0 Å². The van der Waals surface area contributed by atoms with E-state index in [4.69, 9.17) is 5.84 Å². The Morgan fingerprint density at radius 1 is 1.16 bits per heavy atom. The monoisotopic (exact) mass is 283 g/mol. The quantitative estimate of drug-likeness (QED) is 0.580. The summed E-state index contributed by atoms with van der Waals surface area (Å²) in [6.45, 7) is 4.27. The SMILES string of the molecule is CC1CCC(NS(=O)(=O)c2ccc(NN)cc2)C1C. The van der Waals surface area contributed by atoms with Gasteiger partial charge < -0.3 is 5.43 Å². The predicted molar refractivity (Wildman–Crippen MR) is 75.9 cm³/mol. The van der Waals surface area contributed by atoms with Crippen molar-refractivity contribution in [3.63, 3.8) is 0 Å². The van der Waals surface area contributed by atoms with E-state index >= 15 is 0 Å². The Labute approximate surface area is 114 Å². The fourth-order valence-electron chi connectivity index (χ4n) is 2.53. The third-order valence-corrected chi connectivity index (χ3v) is 5.61. The first-order valence-corrected chi connectivity index (χ1v) is 8.01. The van der Waals surface area contributed by atoms with Gasteiger partial charge in [0.25, 0.3) is 0 Å². The van der Waals surface area contributed by atoms with Crippen molar-refractivity contribution >= 4 is 15.7 Å². The van der Waals surface area contributed by atoms with Gasteiger partial charge in [0.05, 0.1) is 4.90 Å². The van der Waals surface area contributed by atoms with Crippen molar-refractivity contribution in [1.29, 1.82) is 0 Å². The molecule has 106 valence electrons. The Bertz CT molecular complexity index is 527. The minimum absolute atomic E-state index is 0.0345. The topological polar surface area (TPSA) is 84.2 Å². The lowest BCUT2D eigenvalue weighted by molar-refractivity contribution is 0.402. The van der Waals surface area contributed by atoms with Crippen LogP contribution in [-0.4, -0.2) is 14.5 Å². The van der Waals surface area contributed by atoms with Gasteiger partial charge in [-0.05, 0) is 48.9 Å². The Morgan fingerprint density at radius 3 is 2.26 bits per heavy atom. The van der Waals surface area contributed by atoms with Crippen LogP contribution in [-0.2, 0) is 10.0 Å². The van der Waals surface area contributed by atoms with Crippen molar-refractivity contribution in [2.24, 2.45) is 17.7 Å². The summed E-state index contributed by atoms with van der Waals surface area (Å²) in [6.07, 6.45) is 1.98. The summed E-state index contributed by atoms with van der Waals surface area (Å²) >= 11 is 0. The van der Waals surface area contributed by atoms with E-state index in [0.717, 1.165) is 12.8 Å². The van der Waals surface area contributed by atoms with Crippen LogP contribution in [0.5, 0.6) is 0 Å². The van der Waals surface area contributed by atoms with Crippen molar-refractivity contribution < 1.29 is 8.42 Å². The normalized spacial score (nSPS) is 27.4. The number of hydrogen-bond acceptors (Lipinski definition) is 4. The Balaban J connectivity index is 2.13. The van der Waals surface area contributed by atoms with Gasteiger partial charge in [-0.2, -0.15) is 0 Å². The first kappa shape index (κ1) is 14.3. The van der Waals surface area contributed by atoms with Gasteiger partial charge in [-0.25, -0.2) is 13.1 Å². The highest BCUT2D eigenvalue weighted by atomic mass is 32.2. The van der Waals surface area contributed by atoms with Crippen molar-refractivity contribution in [2.45, 2.75) is 37.6 Å². The molecule has 0 bridgehead atoms. The second-order valence-electron chi connectivity index (χ2n) is 5.31. The second-order valence-corrected chi connectivity index (χ2v) is 7.02. The molecule has 1 aromatic rings. The molecule has 4 N–H and O–H groups in total. The number of sulfonamides is 1. The third kappa shape index (κ3) is 3.08. The van der Waals surface area contributed by atoms with Crippen LogP contribution < -0.4 is 16.0 Å². The fraction of sp³-hybridized carbons (Fsp3) is 0.538. The molecule has 1 aliphatic carbocycles. The van der Waals surface area contributed by atoms with Gasteiger partial charge in [-0.1, -0.05) is 13.8 Å². The minimum Gasteiger partial charge on any atom is -0.324 e. The number of nitrogens with two attached hydrogens (primary N) is 1. The van der Waals surface area contributed by atoms with Crippen molar-refractivity contribution in [3.05, 3.63) is 24.3 Å². The molecule has 1 fully saturated rings. The summed E-state index contributed by atoms with van der Waals surface area (Å²) in [6, 6.07) is 6.44. The molecule has 1 aromatic carbocycles. The Morgan fingerprint density at radius 2 is 1.79 bits per heavy atom. The molecular formula is C13H21N3O2S. The number of hydrazine groups is 1. The van der Waals surface area contributed by atoms with Crippen LogP contribution in [0.2, 0.25) is 0 Å². The maximum atomic E-state index is 12.3. The highest BCUT2D eigenvalue weighted by molar-refractivity contribution is 7.89. The van der Waals surface area contributed by atoms with E-state index < -0.39 is 10.0 Å². The molecule has 3 atom stereocenters. The number of anilines is 1. The molecule has 0 radical (unpaired) electrons. The van der Waals surface area contributed by atoms with Crippen molar-refractivity contribution in [1.82, 2.24) is 4.72 Å². The van der Waals surface area contributed by atoms with E-state index in [9.17, 15) is 8.42 Å². The van der Waals surface area contributed by atoms with Crippen LogP contribution >= 0.6 is 0 Å². The lowest BCUT2D eigenvalue weighted by Gasteiger charge is -2.19. The van der Waals surface area contributed by atoms with Crippen molar-refractivity contribution in [3.8, 4) is 0 Å². The van der Waals surface area contributed by atoms with Crippen LogP contribution in [0.4, 0.5) is 5.69 Å². The summed E-state index contributed by atoms with van der Waals surface area (Å²) < 4.78 is 27.4. The molecule has 0 saturated heterocycles. The van der Waals surface area contributed by atoms with Crippen LogP contribution in [0.3, 0.4) is 0 Å². The van der Waals surface area contributed by atoms with Gasteiger partial charge in [0, 0.05) is 11.7 Å². The maximum Gasteiger partial charge on any atom is 0.240 e.